The first-order chi connectivity index (χ1) is 14.1. The zero-order chi connectivity index (χ0) is 20.2. The molecule has 148 valence electrons. The number of carbonyl (C=O) groups excluding carboxylic acids is 1. The number of rotatable bonds is 7. The second-order valence-electron chi connectivity index (χ2n) is 6.30. The third-order valence-corrected chi connectivity index (χ3v) is 5.22. The first-order valence-electron chi connectivity index (χ1n) is 9.04. The normalized spacial score (nSPS) is 10.8. The Labute approximate surface area is 171 Å². The second kappa shape index (κ2) is 8.23. The maximum atomic E-state index is 12.5. The van der Waals surface area contributed by atoms with Crippen molar-refractivity contribution in [3.05, 3.63) is 59.9 Å². The summed E-state index contributed by atoms with van der Waals surface area (Å²) in [7, 11) is 1.77. The van der Waals surface area contributed by atoms with Gasteiger partial charge in [-0.25, -0.2) is 15.0 Å². The van der Waals surface area contributed by atoms with E-state index in [0.29, 0.717) is 24.6 Å². The molecule has 4 aromatic rings. The molecule has 0 unspecified atom stereocenters. The molecule has 29 heavy (non-hydrogen) atoms. The molecule has 0 atom stereocenters. The van der Waals surface area contributed by atoms with Crippen LogP contribution in [0.15, 0.2) is 48.4 Å². The fourth-order valence-electron chi connectivity index (χ4n) is 2.88. The monoisotopic (exact) mass is 408 g/mol. The molecule has 0 aliphatic heterocycles. The fraction of sp³-hybridized carbons (Fsp3) is 0.211. The zero-order valence-corrected chi connectivity index (χ0v) is 16.8. The Morgan fingerprint density at radius 1 is 1.21 bits per heavy atom. The van der Waals surface area contributed by atoms with Gasteiger partial charge in [0.1, 0.15) is 35.2 Å². The van der Waals surface area contributed by atoms with E-state index in [1.165, 1.54) is 6.33 Å². The topological polar surface area (TPSA) is 103 Å². The van der Waals surface area contributed by atoms with Crippen LogP contribution in [0.1, 0.15) is 16.3 Å². The number of anilines is 1. The first kappa shape index (κ1) is 18.8. The molecule has 0 aromatic carbocycles. The van der Waals surface area contributed by atoms with Gasteiger partial charge < -0.3 is 10.6 Å². The summed E-state index contributed by atoms with van der Waals surface area (Å²) in [6.07, 6.45) is 5.07. The lowest BCUT2D eigenvalue weighted by Gasteiger charge is -2.09. The summed E-state index contributed by atoms with van der Waals surface area (Å²) in [5.41, 5.74) is 1.32. The van der Waals surface area contributed by atoms with Crippen molar-refractivity contribution in [2.24, 2.45) is 7.05 Å². The molecule has 4 heterocycles. The molecule has 0 aliphatic rings. The number of aromatic nitrogens is 6. The van der Waals surface area contributed by atoms with E-state index in [-0.39, 0.29) is 5.91 Å². The standard InChI is InChI=1S/C19H20N8OS/c1-13-20-7-8-27(13)18-11-17(23-12-24-18)21-5-6-22-19(28)15-10-14(25-26(15)2)16-4-3-9-29-16/h3-4,7-12H,5-6H2,1-2H3,(H,22,28)(H,21,23,24). The predicted octanol–water partition coefficient (Wildman–Crippen LogP) is 2.27. The molecule has 4 rings (SSSR count). The predicted molar refractivity (Wildman–Crippen MR) is 111 cm³/mol. The highest BCUT2D eigenvalue weighted by molar-refractivity contribution is 7.13. The van der Waals surface area contributed by atoms with Gasteiger partial charge in [-0.15, -0.1) is 11.3 Å². The molecule has 0 saturated heterocycles. The highest BCUT2D eigenvalue weighted by Gasteiger charge is 2.14. The van der Waals surface area contributed by atoms with Crippen LogP contribution in [-0.2, 0) is 7.05 Å². The highest BCUT2D eigenvalue weighted by Crippen LogP contribution is 2.23. The quantitative estimate of drug-likeness (QED) is 0.455. The van der Waals surface area contributed by atoms with Crippen LogP contribution < -0.4 is 10.6 Å². The summed E-state index contributed by atoms with van der Waals surface area (Å²) in [5, 5.41) is 12.5. The van der Waals surface area contributed by atoms with E-state index in [1.807, 2.05) is 41.3 Å². The summed E-state index contributed by atoms with van der Waals surface area (Å²) >= 11 is 1.59. The lowest BCUT2D eigenvalue weighted by molar-refractivity contribution is 0.0946. The Hall–Kier alpha value is -3.53. The molecular formula is C19H20N8OS. The van der Waals surface area contributed by atoms with Gasteiger partial charge >= 0.3 is 0 Å². The highest BCUT2D eigenvalue weighted by atomic mass is 32.1. The summed E-state index contributed by atoms with van der Waals surface area (Å²) in [5.74, 6) is 2.09. The van der Waals surface area contributed by atoms with E-state index >= 15 is 0 Å². The van der Waals surface area contributed by atoms with Gasteiger partial charge in [0.15, 0.2) is 0 Å². The third-order valence-electron chi connectivity index (χ3n) is 4.33. The van der Waals surface area contributed by atoms with E-state index in [0.717, 1.165) is 22.2 Å². The van der Waals surface area contributed by atoms with E-state index in [2.05, 4.69) is 30.7 Å². The SMILES string of the molecule is Cc1nccn1-c1cc(NCCNC(=O)c2cc(-c3cccs3)nn2C)ncn1. The number of nitrogens with one attached hydrogen (secondary N) is 2. The summed E-state index contributed by atoms with van der Waals surface area (Å²) in [6.45, 7) is 2.88. The Morgan fingerprint density at radius 2 is 2.10 bits per heavy atom. The Morgan fingerprint density at radius 3 is 2.86 bits per heavy atom. The number of carbonyl (C=O) groups is 1. The fourth-order valence-corrected chi connectivity index (χ4v) is 3.56. The van der Waals surface area contributed by atoms with E-state index in [4.69, 9.17) is 0 Å². The average molecular weight is 408 g/mol. The summed E-state index contributed by atoms with van der Waals surface area (Å²) in [4.78, 5) is 26.2. The van der Waals surface area contributed by atoms with E-state index in [1.54, 1.807) is 35.3 Å². The maximum Gasteiger partial charge on any atom is 0.269 e. The van der Waals surface area contributed by atoms with Crippen molar-refractivity contribution in [1.29, 1.82) is 0 Å². The van der Waals surface area contributed by atoms with Crippen molar-refractivity contribution in [1.82, 2.24) is 34.6 Å². The molecule has 0 spiro atoms. The van der Waals surface area contributed by atoms with Crippen molar-refractivity contribution in [2.45, 2.75) is 6.92 Å². The van der Waals surface area contributed by atoms with Crippen LogP contribution in [0.5, 0.6) is 0 Å². The Bertz CT molecular complexity index is 1120. The number of aryl methyl sites for hydroxylation is 2. The molecule has 0 radical (unpaired) electrons. The maximum absolute atomic E-state index is 12.5. The summed E-state index contributed by atoms with van der Waals surface area (Å²) in [6, 6.07) is 7.59. The van der Waals surface area contributed by atoms with Gasteiger partial charge in [-0.2, -0.15) is 5.10 Å². The van der Waals surface area contributed by atoms with Crippen LogP contribution in [0.4, 0.5) is 5.82 Å². The molecule has 0 saturated carbocycles. The van der Waals surface area contributed by atoms with Crippen molar-refractivity contribution in [3.8, 4) is 16.4 Å². The smallest absolute Gasteiger partial charge is 0.269 e. The van der Waals surface area contributed by atoms with Crippen LogP contribution in [0.25, 0.3) is 16.4 Å². The van der Waals surface area contributed by atoms with Crippen LogP contribution in [0, 0.1) is 6.92 Å². The van der Waals surface area contributed by atoms with Gasteiger partial charge in [0.2, 0.25) is 0 Å². The summed E-state index contributed by atoms with van der Waals surface area (Å²) < 4.78 is 3.48. The number of hydrogen-bond acceptors (Lipinski definition) is 7. The Balaban J connectivity index is 1.32. The second-order valence-corrected chi connectivity index (χ2v) is 7.25. The van der Waals surface area contributed by atoms with Crippen LogP contribution in [-0.4, -0.2) is 48.3 Å². The molecule has 9 nitrogen and oxygen atoms in total. The largest absolute Gasteiger partial charge is 0.368 e. The van der Waals surface area contributed by atoms with Crippen LogP contribution >= 0.6 is 11.3 Å². The lowest BCUT2D eigenvalue weighted by Crippen LogP contribution is -2.30. The molecule has 0 fully saturated rings. The average Bonchev–Trinajstić information content (AvgIpc) is 3.46. The molecule has 1 amide bonds. The number of thiophene rings is 1. The zero-order valence-electron chi connectivity index (χ0n) is 16.0. The number of nitrogens with zero attached hydrogens (tertiary/aromatic N) is 6. The minimum atomic E-state index is -0.165. The minimum Gasteiger partial charge on any atom is -0.368 e. The molecule has 0 bridgehead atoms. The third kappa shape index (κ3) is 4.16. The van der Waals surface area contributed by atoms with Crippen molar-refractivity contribution in [2.75, 3.05) is 18.4 Å². The van der Waals surface area contributed by atoms with Gasteiger partial charge in [-0.3, -0.25) is 14.0 Å². The van der Waals surface area contributed by atoms with E-state index < -0.39 is 0 Å². The van der Waals surface area contributed by atoms with Crippen molar-refractivity contribution in [3.63, 3.8) is 0 Å². The molecule has 4 aromatic heterocycles. The molecule has 0 aliphatic carbocycles. The number of hydrogen-bond donors (Lipinski definition) is 2. The van der Waals surface area contributed by atoms with Gasteiger partial charge in [-0.05, 0) is 24.4 Å². The van der Waals surface area contributed by atoms with Crippen molar-refractivity contribution < 1.29 is 4.79 Å². The molecule has 10 heteroatoms. The van der Waals surface area contributed by atoms with Crippen LogP contribution in [0.3, 0.4) is 0 Å². The first-order valence-corrected chi connectivity index (χ1v) is 9.92. The number of imidazole rings is 1. The van der Waals surface area contributed by atoms with Gasteiger partial charge in [0, 0.05) is 38.6 Å². The van der Waals surface area contributed by atoms with Crippen molar-refractivity contribution >= 4 is 23.1 Å². The van der Waals surface area contributed by atoms with Crippen LogP contribution in [0.2, 0.25) is 0 Å². The van der Waals surface area contributed by atoms with Gasteiger partial charge in [-0.1, -0.05) is 6.07 Å². The lowest BCUT2D eigenvalue weighted by atomic mass is 10.3. The van der Waals surface area contributed by atoms with Gasteiger partial charge in [0.05, 0.1) is 4.88 Å². The minimum absolute atomic E-state index is 0.165. The van der Waals surface area contributed by atoms with E-state index in [9.17, 15) is 4.79 Å². The van der Waals surface area contributed by atoms with Gasteiger partial charge in [0.25, 0.3) is 5.91 Å². The molecular weight excluding hydrogens is 388 g/mol. The molecule has 2 N–H and O–H groups in total. The Kier molecular flexibility index (Phi) is 5.34. The number of amides is 1.